The molecule has 32 heavy (non-hydrogen) atoms. The van der Waals surface area contributed by atoms with Crippen molar-refractivity contribution in [1.82, 2.24) is 4.90 Å². The van der Waals surface area contributed by atoms with Crippen LogP contribution >= 0.6 is 11.6 Å². The van der Waals surface area contributed by atoms with Crippen LogP contribution in [0.3, 0.4) is 0 Å². The van der Waals surface area contributed by atoms with Crippen molar-refractivity contribution in [2.24, 2.45) is 5.92 Å². The largest absolute Gasteiger partial charge is 0.374 e. The number of halogens is 1. The lowest BCUT2D eigenvalue weighted by molar-refractivity contribution is -0.620. The van der Waals surface area contributed by atoms with Gasteiger partial charge in [-0.3, -0.25) is 0 Å². The molecule has 0 aliphatic heterocycles. The van der Waals surface area contributed by atoms with Crippen LogP contribution in [0.2, 0.25) is 5.02 Å². The second kappa shape index (κ2) is 7.47. The second-order valence-corrected chi connectivity index (χ2v) is 8.66. The fourth-order valence-electron chi connectivity index (χ4n) is 4.52. The zero-order valence-electron chi connectivity index (χ0n) is 16.7. The minimum atomic E-state index is -4.60. The van der Waals surface area contributed by atoms with Crippen molar-refractivity contribution < 1.29 is 66.4 Å². The molecule has 2 rings (SSSR count). The predicted octanol–water partition coefficient (Wildman–Crippen LogP) is -5.15. The van der Waals surface area contributed by atoms with E-state index in [1.54, 1.807) is 0 Å². The predicted molar refractivity (Wildman–Crippen MR) is 99.7 cm³/mol. The van der Waals surface area contributed by atoms with Crippen molar-refractivity contribution in [2.75, 3.05) is 0 Å². The highest BCUT2D eigenvalue weighted by atomic mass is 35.5. The molecule has 14 nitrogen and oxygen atoms in total. The van der Waals surface area contributed by atoms with Gasteiger partial charge in [0.2, 0.25) is 11.6 Å². The highest BCUT2D eigenvalue weighted by Crippen LogP contribution is 2.68. The first-order valence-corrected chi connectivity index (χ1v) is 9.38. The van der Waals surface area contributed by atoms with Crippen molar-refractivity contribution in [2.45, 2.75) is 61.0 Å². The third-order valence-electron chi connectivity index (χ3n) is 5.56. The van der Waals surface area contributed by atoms with Gasteiger partial charge in [0.25, 0.3) is 5.79 Å². The van der Waals surface area contributed by atoms with Crippen molar-refractivity contribution in [3.05, 3.63) is 34.9 Å². The van der Waals surface area contributed by atoms with Gasteiger partial charge in [0.05, 0.1) is 0 Å². The van der Waals surface area contributed by atoms with Crippen LogP contribution in [0.5, 0.6) is 0 Å². The lowest BCUT2D eigenvalue weighted by atomic mass is 9.45. The average Bonchev–Trinajstić information content (AvgIpc) is 2.52. The maximum absolute atomic E-state index is 11.6. The number of hydrogen-bond acceptors (Lipinski definition) is 14. The third kappa shape index (κ3) is 3.29. The van der Waals surface area contributed by atoms with Crippen LogP contribution < -0.4 is 0 Å². The van der Waals surface area contributed by atoms with Crippen molar-refractivity contribution in [1.29, 1.82) is 0 Å². The molecule has 1 fully saturated rings. The van der Waals surface area contributed by atoms with E-state index in [1.807, 2.05) is 0 Å². The molecule has 15 heteroatoms. The van der Waals surface area contributed by atoms with E-state index in [1.165, 1.54) is 13.8 Å². The number of nitrogens with zero attached hydrogens (tertiary/aromatic N) is 1. The molecule has 0 aromatic heterocycles. The van der Waals surface area contributed by atoms with Gasteiger partial charge in [-0.05, 0) is 30.0 Å². The first-order valence-electron chi connectivity index (χ1n) is 9.00. The summed E-state index contributed by atoms with van der Waals surface area (Å²) in [6.45, 7) is 2.58. The molecule has 184 valence electrons. The maximum Gasteiger partial charge on any atom is 0.354 e. The molecule has 1 saturated carbocycles. The van der Waals surface area contributed by atoms with Crippen LogP contribution in [0.4, 0.5) is 0 Å². The Morgan fingerprint density at radius 2 is 1.12 bits per heavy atom. The fraction of sp³-hybridized carbons (Fsp3) is 0.647. The third-order valence-corrected chi connectivity index (χ3v) is 5.81. The van der Waals surface area contributed by atoms with E-state index < -0.39 is 63.5 Å². The zero-order chi connectivity index (χ0) is 25.3. The minimum absolute atomic E-state index is 0.0173. The summed E-state index contributed by atoms with van der Waals surface area (Å²) in [5.41, 5.74) is -8.48. The SMILES string of the molecule is CC(C)CC(O)(N(C(O)(O)O)C(O)(O)O)C1(c2ccc(Cl)cc2)C(O)(O)C(O)(O)C1(O)O. The Balaban J connectivity index is 3.11. The van der Waals surface area contributed by atoms with Gasteiger partial charge in [0, 0.05) is 5.02 Å². The van der Waals surface area contributed by atoms with E-state index in [0.717, 1.165) is 24.3 Å². The van der Waals surface area contributed by atoms with Gasteiger partial charge in [-0.15, -0.1) is 4.90 Å². The molecule has 13 N–H and O–H groups in total. The summed E-state index contributed by atoms with van der Waals surface area (Å²) in [6, 6.07) is 3.64. The molecule has 1 atom stereocenters. The van der Waals surface area contributed by atoms with Crippen LogP contribution in [0.1, 0.15) is 25.8 Å². The molecule has 1 aliphatic carbocycles. The monoisotopic (exact) mass is 487 g/mol. The van der Waals surface area contributed by atoms with Gasteiger partial charge in [0.1, 0.15) is 0 Å². The number of hydrogen-bond donors (Lipinski definition) is 13. The quantitative estimate of drug-likeness (QED) is 0.160. The molecular formula is C17H26ClNO13. The molecule has 0 bridgehead atoms. The summed E-state index contributed by atoms with van der Waals surface area (Å²) in [5, 5.41) is 133. The standard InChI is InChI=1S/C17H26ClNO13/c1-8(2)7-11(20,19(16(27,28)29)17(30,31)32)12(9-3-5-10(18)6-4-9)13(21,22)15(25,26)14(12,23)24/h3-6,8,20-32H,7H2,1-2H3. The lowest BCUT2D eigenvalue weighted by Gasteiger charge is -2.72. The molecular weight excluding hydrogens is 462 g/mol. The number of aliphatic hydroxyl groups is 13. The minimum Gasteiger partial charge on any atom is -0.374 e. The summed E-state index contributed by atoms with van der Waals surface area (Å²) in [5.74, 6) is -13.7. The van der Waals surface area contributed by atoms with Crippen LogP contribution in [-0.2, 0) is 5.41 Å². The van der Waals surface area contributed by atoms with Crippen molar-refractivity contribution >= 4 is 11.6 Å². The van der Waals surface area contributed by atoms with Gasteiger partial charge >= 0.3 is 12.2 Å². The molecule has 0 amide bonds. The van der Waals surface area contributed by atoms with Gasteiger partial charge in [0.15, 0.2) is 11.1 Å². The maximum atomic E-state index is 11.6. The topological polar surface area (TPSA) is 266 Å². The number of rotatable bonds is 7. The summed E-state index contributed by atoms with van der Waals surface area (Å²) in [4.78, 5) is -1.11. The van der Waals surface area contributed by atoms with Crippen LogP contribution in [0.15, 0.2) is 24.3 Å². The van der Waals surface area contributed by atoms with E-state index in [9.17, 15) is 66.4 Å². The molecule has 1 aliphatic rings. The van der Waals surface area contributed by atoms with Crippen molar-refractivity contribution in [3.63, 3.8) is 0 Å². The zero-order valence-corrected chi connectivity index (χ0v) is 17.5. The lowest BCUT2D eigenvalue weighted by Crippen LogP contribution is -3.00. The Labute approximate surface area is 185 Å². The van der Waals surface area contributed by atoms with E-state index >= 15 is 0 Å². The Hall–Kier alpha value is -1.05. The van der Waals surface area contributed by atoms with Crippen LogP contribution in [0.25, 0.3) is 0 Å². The van der Waals surface area contributed by atoms with Crippen molar-refractivity contribution in [3.8, 4) is 0 Å². The van der Waals surface area contributed by atoms with E-state index in [-0.39, 0.29) is 5.02 Å². The van der Waals surface area contributed by atoms with Gasteiger partial charge < -0.3 is 66.4 Å². The first-order chi connectivity index (χ1) is 14.0. The molecule has 1 aromatic rings. The highest BCUT2D eigenvalue weighted by molar-refractivity contribution is 6.30. The molecule has 1 aromatic carbocycles. The Bertz CT molecular complexity index is 811. The summed E-state index contributed by atoms with van der Waals surface area (Å²) in [6.07, 6.45) is -10.3. The first kappa shape index (κ1) is 27.2. The molecule has 0 radical (unpaired) electrons. The second-order valence-electron chi connectivity index (χ2n) is 8.22. The molecule has 1 unspecified atom stereocenters. The Morgan fingerprint density at radius 3 is 1.44 bits per heavy atom. The van der Waals surface area contributed by atoms with E-state index in [4.69, 9.17) is 11.6 Å². The summed E-state index contributed by atoms with van der Waals surface area (Å²) < 4.78 is 0. The highest BCUT2D eigenvalue weighted by Gasteiger charge is 2.96. The van der Waals surface area contributed by atoms with Gasteiger partial charge in [-0.25, -0.2) is 0 Å². The normalized spacial score (nSPS) is 23.7. The molecule has 0 spiro atoms. The van der Waals surface area contributed by atoms with Crippen LogP contribution in [0, 0.1) is 5.92 Å². The average molecular weight is 488 g/mol. The smallest absolute Gasteiger partial charge is 0.354 e. The van der Waals surface area contributed by atoms with Crippen LogP contribution in [-0.4, -0.2) is 107 Å². The fourth-order valence-corrected chi connectivity index (χ4v) is 4.64. The Kier molecular flexibility index (Phi) is 6.35. The van der Waals surface area contributed by atoms with E-state index in [0.29, 0.717) is 0 Å². The molecule has 0 heterocycles. The van der Waals surface area contributed by atoms with Gasteiger partial charge in [-0.2, -0.15) is 0 Å². The Morgan fingerprint density at radius 1 is 0.750 bits per heavy atom. The summed E-state index contributed by atoms with van der Waals surface area (Å²) >= 11 is 5.77. The number of benzene rings is 1. The van der Waals surface area contributed by atoms with E-state index in [2.05, 4.69) is 0 Å². The summed E-state index contributed by atoms with van der Waals surface area (Å²) in [7, 11) is 0. The van der Waals surface area contributed by atoms with Gasteiger partial charge in [-0.1, -0.05) is 37.6 Å². The molecule has 0 saturated heterocycles.